The Kier molecular flexibility index (Phi) is 6.40. The number of piperidine rings is 1. The Bertz CT molecular complexity index is 809. The third-order valence-corrected chi connectivity index (χ3v) is 5.20. The molecule has 0 spiro atoms. The van der Waals surface area contributed by atoms with Crippen molar-refractivity contribution in [3.8, 4) is 0 Å². The molecule has 5 heteroatoms. The number of hydrogen-bond acceptors (Lipinski definition) is 3. The zero-order chi connectivity index (χ0) is 19.2. The first-order valence-electron chi connectivity index (χ1n) is 9.16. The standard InChI is InChI=1S/C22H22ClNO3/c23-19-8-6-16(7-9-19)14-20(25)15-21(26)17-10-12-24(13-11-17)22(27)18-4-2-1-3-5-18/h1-9,17H,10-15H2. The molecular weight excluding hydrogens is 362 g/mol. The van der Waals surface area contributed by atoms with Crippen LogP contribution in [0.15, 0.2) is 54.6 Å². The highest BCUT2D eigenvalue weighted by Gasteiger charge is 2.28. The van der Waals surface area contributed by atoms with E-state index in [0.29, 0.717) is 36.5 Å². The maximum atomic E-state index is 12.5. The zero-order valence-electron chi connectivity index (χ0n) is 15.1. The summed E-state index contributed by atoms with van der Waals surface area (Å²) in [7, 11) is 0. The van der Waals surface area contributed by atoms with E-state index in [1.807, 2.05) is 18.2 Å². The van der Waals surface area contributed by atoms with Crippen molar-refractivity contribution in [1.29, 1.82) is 0 Å². The van der Waals surface area contributed by atoms with E-state index in [4.69, 9.17) is 11.6 Å². The van der Waals surface area contributed by atoms with Gasteiger partial charge in [-0.1, -0.05) is 41.9 Å². The van der Waals surface area contributed by atoms with Gasteiger partial charge < -0.3 is 4.90 Å². The second kappa shape index (κ2) is 8.96. The van der Waals surface area contributed by atoms with Gasteiger partial charge in [0.1, 0.15) is 11.6 Å². The number of likely N-dealkylation sites (tertiary alicyclic amines) is 1. The fraction of sp³-hybridized carbons (Fsp3) is 0.318. The first kappa shape index (κ1) is 19.3. The highest BCUT2D eigenvalue weighted by molar-refractivity contribution is 6.30. The summed E-state index contributed by atoms with van der Waals surface area (Å²) in [6.45, 7) is 1.10. The minimum Gasteiger partial charge on any atom is -0.339 e. The van der Waals surface area contributed by atoms with Crippen molar-refractivity contribution in [1.82, 2.24) is 4.90 Å². The summed E-state index contributed by atoms with van der Waals surface area (Å²) in [5, 5.41) is 0.624. The number of benzene rings is 2. The maximum Gasteiger partial charge on any atom is 0.253 e. The Morgan fingerprint density at radius 3 is 2.19 bits per heavy atom. The van der Waals surface area contributed by atoms with Crippen LogP contribution >= 0.6 is 11.6 Å². The quantitative estimate of drug-likeness (QED) is 0.709. The first-order valence-corrected chi connectivity index (χ1v) is 9.54. The smallest absolute Gasteiger partial charge is 0.253 e. The lowest BCUT2D eigenvalue weighted by Crippen LogP contribution is -2.40. The lowest BCUT2D eigenvalue weighted by Gasteiger charge is -2.31. The van der Waals surface area contributed by atoms with Crippen LogP contribution in [0, 0.1) is 5.92 Å². The Balaban J connectivity index is 1.47. The lowest BCUT2D eigenvalue weighted by molar-refractivity contribution is -0.129. The topological polar surface area (TPSA) is 54.5 Å². The van der Waals surface area contributed by atoms with Gasteiger partial charge in [-0.3, -0.25) is 14.4 Å². The van der Waals surface area contributed by atoms with Crippen LogP contribution in [0.25, 0.3) is 0 Å². The van der Waals surface area contributed by atoms with Crippen molar-refractivity contribution in [3.05, 3.63) is 70.7 Å². The molecule has 4 nitrogen and oxygen atoms in total. The minimum atomic E-state index is -0.140. The van der Waals surface area contributed by atoms with E-state index in [1.165, 1.54) is 0 Å². The molecule has 1 fully saturated rings. The summed E-state index contributed by atoms with van der Waals surface area (Å²) in [5.74, 6) is -0.231. The molecule has 0 bridgehead atoms. The van der Waals surface area contributed by atoms with E-state index in [9.17, 15) is 14.4 Å². The number of carbonyl (C=O) groups is 3. The van der Waals surface area contributed by atoms with Crippen molar-refractivity contribution < 1.29 is 14.4 Å². The largest absolute Gasteiger partial charge is 0.339 e. The number of amides is 1. The molecule has 0 saturated carbocycles. The molecule has 0 N–H and O–H groups in total. The lowest BCUT2D eigenvalue weighted by atomic mass is 9.89. The summed E-state index contributed by atoms with van der Waals surface area (Å²) >= 11 is 5.84. The molecule has 140 valence electrons. The van der Waals surface area contributed by atoms with Crippen LogP contribution < -0.4 is 0 Å². The molecule has 0 aliphatic carbocycles. The van der Waals surface area contributed by atoms with Crippen molar-refractivity contribution in [2.45, 2.75) is 25.7 Å². The fourth-order valence-corrected chi connectivity index (χ4v) is 3.52. The van der Waals surface area contributed by atoms with Gasteiger partial charge in [0.25, 0.3) is 5.91 Å². The highest BCUT2D eigenvalue weighted by Crippen LogP contribution is 2.21. The second-order valence-corrected chi connectivity index (χ2v) is 7.35. The number of ketones is 2. The number of carbonyl (C=O) groups excluding carboxylic acids is 3. The summed E-state index contributed by atoms with van der Waals surface area (Å²) < 4.78 is 0. The van der Waals surface area contributed by atoms with Crippen LogP contribution in [0.5, 0.6) is 0 Å². The van der Waals surface area contributed by atoms with E-state index in [2.05, 4.69) is 0 Å². The van der Waals surface area contributed by atoms with Crippen LogP contribution in [0.3, 0.4) is 0 Å². The Morgan fingerprint density at radius 2 is 1.56 bits per heavy atom. The molecule has 1 aliphatic rings. The van der Waals surface area contributed by atoms with Gasteiger partial charge in [-0.15, -0.1) is 0 Å². The van der Waals surface area contributed by atoms with Crippen LogP contribution in [0.1, 0.15) is 35.2 Å². The summed E-state index contributed by atoms with van der Waals surface area (Å²) in [6.07, 6.45) is 1.44. The van der Waals surface area contributed by atoms with Crippen molar-refractivity contribution in [2.75, 3.05) is 13.1 Å². The molecular formula is C22H22ClNO3. The van der Waals surface area contributed by atoms with Gasteiger partial charge in [0.05, 0.1) is 6.42 Å². The molecule has 0 radical (unpaired) electrons. The highest BCUT2D eigenvalue weighted by atomic mass is 35.5. The number of nitrogens with zero attached hydrogens (tertiary/aromatic N) is 1. The Hall–Kier alpha value is -2.46. The predicted molar refractivity (Wildman–Crippen MR) is 105 cm³/mol. The van der Waals surface area contributed by atoms with Crippen LogP contribution in [-0.2, 0) is 16.0 Å². The molecule has 1 heterocycles. The van der Waals surface area contributed by atoms with Gasteiger partial charge in [0.2, 0.25) is 0 Å². The number of halogens is 1. The van der Waals surface area contributed by atoms with Gasteiger partial charge in [-0.25, -0.2) is 0 Å². The van der Waals surface area contributed by atoms with Crippen LogP contribution in [-0.4, -0.2) is 35.5 Å². The second-order valence-electron chi connectivity index (χ2n) is 6.92. The van der Waals surface area contributed by atoms with Crippen molar-refractivity contribution >= 4 is 29.1 Å². The summed E-state index contributed by atoms with van der Waals surface area (Å²) in [4.78, 5) is 38.9. The molecule has 27 heavy (non-hydrogen) atoms. The molecule has 3 rings (SSSR count). The molecule has 1 amide bonds. The minimum absolute atomic E-state index is 0.000291. The van der Waals surface area contributed by atoms with Gasteiger partial charge in [0.15, 0.2) is 0 Å². The summed E-state index contributed by atoms with van der Waals surface area (Å²) in [6, 6.07) is 16.3. The van der Waals surface area contributed by atoms with E-state index in [0.717, 1.165) is 5.56 Å². The van der Waals surface area contributed by atoms with E-state index in [-0.39, 0.29) is 36.2 Å². The zero-order valence-corrected chi connectivity index (χ0v) is 15.8. The summed E-state index contributed by atoms with van der Waals surface area (Å²) in [5.41, 5.74) is 1.53. The molecule has 0 atom stereocenters. The van der Waals surface area contributed by atoms with Crippen molar-refractivity contribution in [3.63, 3.8) is 0 Å². The third-order valence-electron chi connectivity index (χ3n) is 4.94. The van der Waals surface area contributed by atoms with Gasteiger partial charge in [0, 0.05) is 36.0 Å². The monoisotopic (exact) mass is 383 g/mol. The van der Waals surface area contributed by atoms with Crippen LogP contribution in [0.4, 0.5) is 0 Å². The van der Waals surface area contributed by atoms with Gasteiger partial charge in [-0.2, -0.15) is 0 Å². The number of Topliss-reactive ketones (excluding diaryl/α,β-unsaturated/α-hetero) is 2. The first-order chi connectivity index (χ1) is 13.0. The molecule has 2 aromatic rings. The molecule has 2 aromatic carbocycles. The van der Waals surface area contributed by atoms with E-state index >= 15 is 0 Å². The average molecular weight is 384 g/mol. The Labute approximate surface area is 164 Å². The number of hydrogen-bond donors (Lipinski definition) is 0. The molecule has 1 aliphatic heterocycles. The SMILES string of the molecule is O=C(CC(=O)C1CCN(C(=O)c2ccccc2)CC1)Cc1ccc(Cl)cc1. The van der Waals surface area contributed by atoms with Gasteiger partial charge >= 0.3 is 0 Å². The fourth-order valence-electron chi connectivity index (χ4n) is 3.40. The molecule has 0 aromatic heterocycles. The molecule has 1 saturated heterocycles. The predicted octanol–water partition coefficient (Wildman–Crippen LogP) is 3.96. The maximum absolute atomic E-state index is 12.5. The van der Waals surface area contributed by atoms with E-state index in [1.54, 1.807) is 41.3 Å². The van der Waals surface area contributed by atoms with Gasteiger partial charge in [-0.05, 0) is 42.7 Å². The third kappa shape index (κ3) is 5.27. The van der Waals surface area contributed by atoms with Crippen LogP contribution in [0.2, 0.25) is 5.02 Å². The normalized spacial score (nSPS) is 14.8. The number of rotatable bonds is 6. The molecule has 0 unspecified atom stereocenters. The Morgan fingerprint density at radius 1 is 0.926 bits per heavy atom. The average Bonchev–Trinajstić information content (AvgIpc) is 2.70. The van der Waals surface area contributed by atoms with Crippen molar-refractivity contribution in [2.24, 2.45) is 5.92 Å². The van der Waals surface area contributed by atoms with E-state index < -0.39 is 0 Å².